The van der Waals surface area contributed by atoms with Crippen LogP contribution in [0.25, 0.3) is 0 Å². The van der Waals surface area contributed by atoms with Crippen molar-refractivity contribution in [2.45, 2.75) is 6.61 Å². The number of aliphatic hydroxyl groups excluding tert-OH is 2. The summed E-state index contributed by atoms with van der Waals surface area (Å²) in [7, 11) is 0. The fourth-order valence-electron chi connectivity index (χ4n) is 0.897. The number of benzene rings is 1. The molecule has 0 aliphatic heterocycles. The summed E-state index contributed by atoms with van der Waals surface area (Å²) in [5.41, 5.74) is 0.811. The van der Waals surface area contributed by atoms with Crippen LogP contribution in [-0.2, 0) is 6.61 Å². The number of aliphatic hydroxyl groups is 2. The topological polar surface area (TPSA) is 49.7 Å². The Kier molecular flexibility index (Phi) is 3.57. The Labute approximate surface area is 71.2 Å². The largest absolute Gasteiger partial charge is 0.491 e. The molecule has 3 heteroatoms. The normalized spacial score (nSPS) is 9.83. The number of rotatable bonds is 4. The zero-order chi connectivity index (χ0) is 8.81. The Bertz CT molecular complexity index is 235. The minimum absolute atomic E-state index is 0.00333. The molecule has 0 aliphatic rings. The third-order valence-corrected chi connectivity index (χ3v) is 1.44. The van der Waals surface area contributed by atoms with Crippen LogP contribution < -0.4 is 4.74 Å². The van der Waals surface area contributed by atoms with Crippen LogP contribution in [0.2, 0.25) is 0 Å². The maximum atomic E-state index is 8.78. The van der Waals surface area contributed by atoms with Crippen molar-refractivity contribution < 1.29 is 14.9 Å². The number of hydrogen-bond donors (Lipinski definition) is 2. The van der Waals surface area contributed by atoms with Crippen LogP contribution in [0.3, 0.4) is 0 Å². The highest BCUT2D eigenvalue weighted by molar-refractivity contribution is 5.27. The van der Waals surface area contributed by atoms with Crippen molar-refractivity contribution in [1.82, 2.24) is 0 Å². The van der Waals surface area contributed by atoms with E-state index in [0.29, 0.717) is 5.75 Å². The molecule has 0 atom stereocenters. The minimum atomic E-state index is 0.00333. The lowest BCUT2D eigenvalue weighted by Crippen LogP contribution is -2.01. The Hall–Kier alpha value is -1.06. The van der Waals surface area contributed by atoms with Gasteiger partial charge in [-0.2, -0.15) is 0 Å². The van der Waals surface area contributed by atoms with Gasteiger partial charge in [0.2, 0.25) is 0 Å². The van der Waals surface area contributed by atoms with Crippen molar-refractivity contribution >= 4 is 0 Å². The van der Waals surface area contributed by atoms with Gasteiger partial charge in [0.15, 0.2) is 0 Å². The van der Waals surface area contributed by atoms with Gasteiger partial charge in [-0.3, -0.25) is 0 Å². The van der Waals surface area contributed by atoms with Gasteiger partial charge in [0, 0.05) is 0 Å². The fourth-order valence-corrected chi connectivity index (χ4v) is 0.897. The second-order valence-electron chi connectivity index (χ2n) is 2.38. The van der Waals surface area contributed by atoms with Crippen LogP contribution in [-0.4, -0.2) is 23.4 Å². The van der Waals surface area contributed by atoms with Gasteiger partial charge < -0.3 is 14.9 Å². The molecule has 12 heavy (non-hydrogen) atoms. The van der Waals surface area contributed by atoms with E-state index >= 15 is 0 Å². The predicted molar refractivity (Wildman–Crippen MR) is 44.9 cm³/mol. The van der Waals surface area contributed by atoms with Crippen molar-refractivity contribution in [3.05, 3.63) is 29.8 Å². The number of hydrogen-bond acceptors (Lipinski definition) is 3. The van der Waals surface area contributed by atoms with E-state index in [-0.39, 0.29) is 19.8 Å². The molecule has 0 heterocycles. The highest BCUT2D eigenvalue weighted by atomic mass is 16.5. The van der Waals surface area contributed by atoms with E-state index in [4.69, 9.17) is 14.9 Å². The Morgan fingerprint density at radius 1 is 1.25 bits per heavy atom. The fraction of sp³-hybridized carbons (Fsp3) is 0.333. The van der Waals surface area contributed by atoms with Crippen LogP contribution in [0.1, 0.15) is 5.56 Å². The molecule has 0 saturated heterocycles. The van der Waals surface area contributed by atoms with E-state index in [2.05, 4.69) is 0 Å². The summed E-state index contributed by atoms with van der Waals surface area (Å²) >= 11 is 0. The van der Waals surface area contributed by atoms with Crippen LogP contribution >= 0.6 is 0 Å². The van der Waals surface area contributed by atoms with Crippen LogP contribution in [0.5, 0.6) is 5.75 Å². The monoisotopic (exact) mass is 168 g/mol. The molecule has 0 spiro atoms. The van der Waals surface area contributed by atoms with Crippen LogP contribution in [0, 0.1) is 0 Å². The predicted octanol–water partition coefficient (Wildman–Crippen LogP) is 0.550. The smallest absolute Gasteiger partial charge is 0.119 e. The summed E-state index contributed by atoms with van der Waals surface area (Å²) in [4.78, 5) is 0. The molecule has 1 rings (SSSR count). The van der Waals surface area contributed by atoms with E-state index in [0.717, 1.165) is 5.56 Å². The third-order valence-electron chi connectivity index (χ3n) is 1.44. The molecule has 0 fully saturated rings. The minimum Gasteiger partial charge on any atom is -0.491 e. The Morgan fingerprint density at radius 3 is 2.75 bits per heavy atom. The van der Waals surface area contributed by atoms with Crippen LogP contribution in [0.15, 0.2) is 24.3 Å². The second-order valence-corrected chi connectivity index (χ2v) is 2.38. The first-order chi connectivity index (χ1) is 5.86. The lowest BCUT2D eigenvalue weighted by atomic mass is 10.2. The average molecular weight is 168 g/mol. The summed E-state index contributed by atoms with van der Waals surface area (Å²) in [5.74, 6) is 0.676. The summed E-state index contributed by atoms with van der Waals surface area (Å²) in [6, 6.07) is 7.15. The molecule has 2 N–H and O–H groups in total. The molecule has 0 bridgehead atoms. The van der Waals surface area contributed by atoms with Crippen molar-refractivity contribution in [2.75, 3.05) is 13.2 Å². The summed E-state index contributed by atoms with van der Waals surface area (Å²) in [6.45, 7) is 0.300. The first kappa shape index (κ1) is 9.03. The van der Waals surface area contributed by atoms with Gasteiger partial charge in [-0.25, -0.2) is 0 Å². The molecule has 0 unspecified atom stereocenters. The van der Waals surface area contributed by atoms with Gasteiger partial charge in [0.05, 0.1) is 13.2 Å². The van der Waals surface area contributed by atoms with Gasteiger partial charge >= 0.3 is 0 Å². The van der Waals surface area contributed by atoms with E-state index in [1.54, 1.807) is 18.2 Å². The average Bonchev–Trinajstić information content (AvgIpc) is 2.15. The van der Waals surface area contributed by atoms with E-state index in [1.165, 1.54) is 0 Å². The molecule has 0 aromatic heterocycles. The molecular weight excluding hydrogens is 156 g/mol. The summed E-state index contributed by atoms with van der Waals surface area (Å²) < 4.78 is 5.14. The lowest BCUT2D eigenvalue weighted by molar-refractivity contribution is 0.201. The first-order valence-corrected chi connectivity index (χ1v) is 3.80. The molecule has 3 nitrogen and oxygen atoms in total. The Morgan fingerprint density at radius 2 is 2.08 bits per heavy atom. The Balaban J connectivity index is 2.60. The van der Waals surface area contributed by atoms with Gasteiger partial charge in [0.25, 0.3) is 0 Å². The zero-order valence-corrected chi connectivity index (χ0v) is 6.73. The molecule has 0 aliphatic carbocycles. The standard InChI is InChI=1S/C9H12O3/c10-4-5-12-9-3-1-2-8(6-9)7-11/h1-3,6,10-11H,4-5,7H2. The van der Waals surface area contributed by atoms with Crippen molar-refractivity contribution in [3.8, 4) is 5.75 Å². The number of ether oxygens (including phenoxy) is 1. The molecule has 0 amide bonds. The first-order valence-electron chi connectivity index (χ1n) is 3.80. The molecule has 1 aromatic carbocycles. The summed E-state index contributed by atoms with van der Waals surface area (Å²) in [6.07, 6.45) is 0. The summed E-state index contributed by atoms with van der Waals surface area (Å²) in [5, 5.41) is 17.3. The van der Waals surface area contributed by atoms with E-state index in [9.17, 15) is 0 Å². The quantitative estimate of drug-likeness (QED) is 0.690. The highest BCUT2D eigenvalue weighted by Gasteiger charge is 1.94. The van der Waals surface area contributed by atoms with Crippen LogP contribution in [0.4, 0.5) is 0 Å². The van der Waals surface area contributed by atoms with E-state index in [1.807, 2.05) is 6.07 Å². The van der Waals surface area contributed by atoms with Crippen molar-refractivity contribution in [1.29, 1.82) is 0 Å². The van der Waals surface area contributed by atoms with Crippen molar-refractivity contribution in [3.63, 3.8) is 0 Å². The maximum Gasteiger partial charge on any atom is 0.119 e. The highest BCUT2D eigenvalue weighted by Crippen LogP contribution is 2.12. The van der Waals surface area contributed by atoms with Gasteiger partial charge in [0.1, 0.15) is 12.4 Å². The molecule has 66 valence electrons. The second kappa shape index (κ2) is 4.74. The van der Waals surface area contributed by atoms with E-state index < -0.39 is 0 Å². The molecule has 0 saturated carbocycles. The van der Waals surface area contributed by atoms with Gasteiger partial charge in [-0.15, -0.1) is 0 Å². The zero-order valence-electron chi connectivity index (χ0n) is 6.73. The maximum absolute atomic E-state index is 8.78. The van der Waals surface area contributed by atoms with Crippen molar-refractivity contribution in [2.24, 2.45) is 0 Å². The lowest BCUT2D eigenvalue weighted by Gasteiger charge is -2.04. The van der Waals surface area contributed by atoms with Gasteiger partial charge in [-0.1, -0.05) is 12.1 Å². The molecular formula is C9H12O3. The third kappa shape index (κ3) is 2.53. The SMILES string of the molecule is OCCOc1cccc(CO)c1. The molecule has 0 radical (unpaired) electrons. The molecule has 1 aromatic rings. The van der Waals surface area contributed by atoms with Gasteiger partial charge in [-0.05, 0) is 17.7 Å².